The van der Waals surface area contributed by atoms with Gasteiger partial charge in [0.2, 0.25) is 6.79 Å². The van der Waals surface area contributed by atoms with Gasteiger partial charge >= 0.3 is 5.97 Å². The van der Waals surface area contributed by atoms with Crippen molar-refractivity contribution < 1.29 is 33.3 Å². The lowest BCUT2D eigenvalue weighted by Crippen LogP contribution is -2.40. The topological polar surface area (TPSA) is 118 Å². The molecule has 3 aliphatic heterocycles. The first-order valence-electron chi connectivity index (χ1n) is 15.7. The third kappa shape index (κ3) is 5.95. The first-order valence-corrected chi connectivity index (χ1v) is 16.5. The number of benzene rings is 3. The van der Waals surface area contributed by atoms with Gasteiger partial charge in [-0.1, -0.05) is 53.8 Å². The zero-order chi connectivity index (χ0) is 33.2. The Morgan fingerprint density at radius 3 is 2.56 bits per heavy atom. The maximum atomic E-state index is 14.3. The molecule has 0 N–H and O–H groups in total. The highest BCUT2D eigenvalue weighted by Gasteiger charge is 2.36. The number of carbonyl (C=O) groups is 2. The minimum Gasteiger partial charge on any atom is -0.493 e. The van der Waals surface area contributed by atoms with E-state index in [2.05, 4.69) is 0 Å². The normalized spacial score (nSPS) is 16.8. The monoisotopic (exact) mass is 667 g/mol. The minimum absolute atomic E-state index is 0.0613. The fourth-order valence-electron chi connectivity index (χ4n) is 6.08. The lowest BCUT2D eigenvalue weighted by Gasteiger charge is -2.26. The van der Waals surface area contributed by atoms with Gasteiger partial charge in [-0.15, -0.1) is 0 Å². The Bertz CT molecular complexity index is 2100. The number of amides is 1. The Balaban J connectivity index is 1.33. The molecule has 1 saturated heterocycles. The van der Waals surface area contributed by atoms with Crippen molar-refractivity contribution in [3.63, 3.8) is 0 Å². The van der Waals surface area contributed by atoms with E-state index in [1.54, 1.807) is 48.2 Å². The summed E-state index contributed by atoms with van der Waals surface area (Å²) in [5, 5.41) is 0. The number of carbonyl (C=O) groups excluding carboxylic acids is 2. The molecule has 1 aromatic heterocycles. The summed E-state index contributed by atoms with van der Waals surface area (Å²) in [6.45, 7) is 3.39. The van der Waals surface area contributed by atoms with Gasteiger partial charge in [0, 0.05) is 18.7 Å². The number of methoxy groups -OCH3 is 1. The van der Waals surface area contributed by atoms with E-state index in [-0.39, 0.29) is 37.0 Å². The van der Waals surface area contributed by atoms with Crippen LogP contribution >= 0.6 is 11.3 Å². The first kappa shape index (κ1) is 31.3. The van der Waals surface area contributed by atoms with Crippen LogP contribution in [0.3, 0.4) is 0 Å². The molecule has 1 amide bonds. The molecule has 0 saturated carbocycles. The van der Waals surface area contributed by atoms with Gasteiger partial charge < -0.3 is 28.6 Å². The van der Waals surface area contributed by atoms with Crippen molar-refractivity contribution in [2.45, 2.75) is 25.8 Å². The molecule has 0 aliphatic carbocycles. The Labute approximate surface area is 279 Å². The van der Waals surface area contributed by atoms with Gasteiger partial charge in [-0.25, -0.2) is 9.79 Å². The molecule has 0 bridgehead atoms. The van der Waals surface area contributed by atoms with Gasteiger partial charge in [0.1, 0.15) is 0 Å². The number of hydrogen-bond donors (Lipinski definition) is 0. The molecule has 1 fully saturated rings. The van der Waals surface area contributed by atoms with Gasteiger partial charge in [0.05, 0.1) is 35.6 Å². The smallest absolute Gasteiger partial charge is 0.338 e. The maximum Gasteiger partial charge on any atom is 0.338 e. The van der Waals surface area contributed by atoms with Crippen molar-refractivity contribution in [1.29, 1.82) is 0 Å². The van der Waals surface area contributed by atoms with Crippen LogP contribution in [0, 0.1) is 0 Å². The average molecular weight is 668 g/mol. The standard InChI is InChI=1S/C36H33N3O8S/c1-3-44-35(42)31-32(23-9-5-4-6-10-23)37-36-39(33(31)24-12-14-26-28(19-24)47-21-46-26)34(41)29(48-36)18-22-11-13-25(27(17-22)43-2)45-20-30(40)38-15-7-8-16-38/h4-6,9-14,17-19,33H,3,7-8,15-16,20-21H2,1-2H3/b29-18+/t33-/m1/s1. The first-order chi connectivity index (χ1) is 23.4. The number of ether oxygens (including phenoxy) is 5. The maximum absolute atomic E-state index is 14.3. The van der Waals surface area contributed by atoms with Crippen LogP contribution in [-0.2, 0) is 14.3 Å². The van der Waals surface area contributed by atoms with Crippen molar-refractivity contribution in [3.05, 3.63) is 109 Å². The molecule has 4 aromatic rings. The Morgan fingerprint density at radius 2 is 1.79 bits per heavy atom. The van der Waals surface area contributed by atoms with Crippen LogP contribution in [0.5, 0.6) is 23.0 Å². The summed E-state index contributed by atoms with van der Waals surface area (Å²) >= 11 is 1.22. The number of likely N-dealkylation sites (tertiary alicyclic amines) is 1. The predicted molar refractivity (Wildman–Crippen MR) is 178 cm³/mol. The molecule has 11 nitrogen and oxygen atoms in total. The second-order valence-corrected chi connectivity index (χ2v) is 12.3. The van der Waals surface area contributed by atoms with Gasteiger partial charge in [0.15, 0.2) is 34.4 Å². The number of thiazole rings is 1. The van der Waals surface area contributed by atoms with Crippen LogP contribution in [0.2, 0.25) is 0 Å². The van der Waals surface area contributed by atoms with Crippen molar-refractivity contribution in [1.82, 2.24) is 9.47 Å². The SMILES string of the molecule is CCOC(=O)C1=C(c2ccccc2)N=c2s/c(=C/c3ccc(OCC(=O)N4CCCC4)c(OC)c3)c(=O)n2[C@@H]1c1ccc2c(c1)OCO2. The molecule has 4 heterocycles. The molecular formula is C36H33N3O8S. The molecule has 7 rings (SSSR count). The van der Waals surface area contributed by atoms with Crippen LogP contribution in [0.25, 0.3) is 11.8 Å². The van der Waals surface area contributed by atoms with Crippen molar-refractivity contribution >= 4 is 35.0 Å². The van der Waals surface area contributed by atoms with Crippen LogP contribution in [0.15, 0.2) is 82.1 Å². The van der Waals surface area contributed by atoms with Gasteiger partial charge in [0.25, 0.3) is 11.5 Å². The van der Waals surface area contributed by atoms with Gasteiger partial charge in [-0.3, -0.25) is 14.2 Å². The van der Waals surface area contributed by atoms with Gasteiger partial charge in [-0.05, 0) is 61.2 Å². The summed E-state index contributed by atoms with van der Waals surface area (Å²) in [5.41, 5.74) is 2.38. The molecule has 0 radical (unpaired) electrons. The van der Waals surface area contributed by atoms with Gasteiger partial charge in [-0.2, -0.15) is 0 Å². The highest BCUT2D eigenvalue weighted by atomic mass is 32.1. The number of esters is 1. The van der Waals surface area contributed by atoms with Crippen molar-refractivity contribution in [3.8, 4) is 23.0 Å². The highest BCUT2D eigenvalue weighted by molar-refractivity contribution is 7.07. The summed E-state index contributed by atoms with van der Waals surface area (Å²) in [7, 11) is 1.52. The van der Waals surface area contributed by atoms with E-state index in [9.17, 15) is 14.4 Å². The molecule has 3 aliphatic rings. The van der Waals surface area contributed by atoms with Crippen LogP contribution < -0.4 is 33.8 Å². The Morgan fingerprint density at radius 1 is 1.00 bits per heavy atom. The number of rotatable bonds is 9. The third-order valence-corrected chi connectivity index (χ3v) is 9.36. The molecule has 0 spiro atoms. The summed E-state index contributed by atoms with van der Waals surface area (Å²) in [4.78, 5) is 47.7. The summed E-state index contributed by atoms with van der Waals surface area (Å²) in [6.07, 6.45) is 3.76. The zero-order valence-corrected chi connectivity index (χ0v) is 27.3. The lowest BCUT2D eigenvalue weighted by molar-refractivity contribution is -0.139. The van der Waals surface area contributed by atoms with E-state index < -0.39 is 12.0 Å². The van der Waals surface area contributed by atoms with E-state index in [0.29, 0.717) is 54.7 Å². The molecular weight excluding hydrogens is 634 g/mol. The van der Waals surface area contributed by atoms with E-state index in [1.807, 2.05) is 36.4 Å². The van der Waals surface area contributed by atoms with E-state index in [4.69, 9.17) is 28.7 Å². The van der Waals surface area contributed by atoms with Crippen molar-refractivity contribution in [2.75, 3.05) is 40.2 Å². The third-order valence-electron chi connectivity index (χ3n) is 8.38. The molecule has 3 aromatic carbocycles. The summed E-state index contributed by atoms with van der Waals surface area (Å²) < 4.78 is 30.1. The minimum atomic E-state index is -0.856. The molecule has 1 atom stereocenters. The highest BCUT2D eigenvalue weighted by Crippen LogP contribution is 2.40. The fourth-order valence-corrected chi connectivity index (χ4v) is 7.08. The molecule has 246 valence electrons. The van der Waals surface area contributed by atoms with Crippen LogP contribution in [-0.4, -0.2) is 61.5 Å². The molecule has 48 heavy (non-hydrogen) atoms. The van der Waals surface area contributed by atoms with Crippen molar-refractivity contribution in [2.24, 2.45) is 4.99 Å². The number of aromatic nitrogens is 1. The number of hydrogen-bond acceptors (Lipinski definition) is 10. The Kier molecular flexibility index (Phi) is 8.72. The number of nitrogens with zero attached hydrogens (tertiary/aromatic N) is 3. The quantitative estimate of drug-likeness (QED) is 0.248. The Hall–Kier alpha value is -5.36. The molecule has 0 unspecified atom stereocenters. The molecule has 12 heteroatoms. The summed E-state index contributed by atoms with van der Waals surface area (Å²) in [5.74, 6) is 1.33. The fraction of sp³-hybridized carbons (Fsp3) is 0.278. The van der Waals surface area contributed by atoms with E-state index in [0.717, 1.165) is 25.9 Å². The van der Waals surface area contributed by atoms with E-state index in [1.165, 1.54) is 23.0 Å². The second-order valence-electron chi connectivity index (χ2n) is 11.3. The predicted octanol–water partition coefficient (Wildman–Crippen LogP) is 3.67. The second kappa shape index (κ2) is 13.4. The van der Waals surface area contributed by atoms with E-state index >= 15 is 0 Å². The van der Waals surface area contributed by atoms with Crippen LogP contribution in [0.1, 0.15) is 42.5 Å². The van der Waals surface area contributed by atoms with Crippen LogP contribution in [0.4, 0.5) is 0 Å². The lowest BCUT2D eigenvalue weighted by atomic mass is 9.93. The average Bonchev–Trinajstić information content (AvgIpc) is 3.88. The zero-order valence-electron chi connectivity index (χ0n) is 26.5. The number of fused-ring (bicyclic) bond motifs is 2. The largest absolute Gasteiger partial charge is 0.493 e. The summed E-state index contributed by atoms with van der Waals surface area (Å²) in [6, 6.07) is 19.2.